The molecule has 5 nitrogen and oxygen atoms in total. The number of rotatable bonds is 4. The average molecular weight is 357 g/mol. The maximum atomic E-state index is 13.9. The third-order valence-electron chi connectivity index (χ3n) is 3.12. The molecular weight excluding hydrogens is 343 g/mol. The molecule has 2 rings (SSSR count). The molecule has 2 aromatic carbocycles. The van der Waals surface area contributed by atoms with E-state index in [2.05, 4.69) is 5.43 Å². The van der Waals surface area contributed by atoms with Crippen molar-refractivity contribution in [3.8, 4) is 0 Å². The molecule has 0 aromatic heterocycles. The maximum absolute atomic E-state index is 13.9. The van der Waals surface area contributed by atoms with Crippen molar-refractivity contribution in [1.82, 2.24) is 9.84 Å². The second kappa shape index (κ2) is 6.66. The van der Waals surface area contributed by atoms with E-state index in [0.717, 1.165) is 11.6 Å². The van der Waals surface area contributed by atoms with E-state index >= 15 is 0 Å². The average Bonchev–Trinajstić information content (AvgIpc) is 2.48. The molecule has 0 saturated heterocycles. The van der Waals surface area contributed by atoms with Crippen LogP contribution in [0.15, 0.2) is 47.4 Å². The summed E-state index contributed by atoms with van der Waals surface area (Å²) in [5.41, 5.74) is 2.63. The summed E-state index contributed by atoms with van der Waals surface area (Å²) in [7, 11) is -2.95. The van der Waals surface area contributed by atoms with E-state index in [1.54, 1.807) is 19.1 Å². The fourth-order valence-electron chi connectivity index (χ4n) is 1.95. The number of sulfonamides is 1. The van der Waals surface area contributed by atoms with Crippen molar-refractivity contribution in [1.29, 1.82) is 0 Å². The number of benzene rings is 2. The van der Waals surface area contributed by atoms with Crippen LogP contribution in [0.5, 0.6) is 0 Å². The Balaban J connectivity index is 2.50. The molecule has 0 aliphatic rings. The Hall–Kier alpha value is -1.96. The van der Waals surface area contributed by atoms with Gasteiger partial charge in [-0.3, -0.25) is 4.79 Å². The van der Waals surface area contributed by atoms with Gasteiger partial charge in [-0.05, 0) is 31.2 Å². The van der Waals surface area contributed by atoms with Gasteiger partial charge in [-0.1, -0.05) is 35.4 Å². The van der Waals surface area contributed by atoms with Gasteiger partial charge in [0, 0.05) is 7.05 Å². The van der Waals surface area contributed by atoms with Crippen LogP contribution < -0.4 is 5.43 Å². The van der Waals surface area contributed by atoms with Gasteiger partial charge in [0.25, 0.3) is 15.9 Å². The number of nitrogens with one attached hydrogen (secondary N) is 1. The Morgan fingerprint density at radius 3 is 2.30 bits per heavy atom. The lowest BCUT2D eigenvalue weighted by molar-refractivity contribution is 0.0818. The van der Waals surface area contributed by atoms with Crippen LogP contribution in [0.2, 0.25) is 5.02 Å². The van der Waals surface area contributed by atoms with E-state index in [4.69, 9.17) is 11.6 Å². The summed E-state index contributed by atoms with van der Waals surface area (Å²) in [6, 6.07) is 9.60. The highest BCUT2D eigenvalue weighted by Crippen LogP contribution is 2.23. The third-order valence-corrected chi connectivity index (χ3v) is 5.14. The van der Waals surface area contributed by atoms with Crippen molar-refractivity contribution in [2.24, 2.45) is 0 Å². The van der Waals surface area contributed by atoms with Crippen LogP contribution in [0.25, 0.3) is 0 Å². The minimum absolute atomic E-state index is 0.0988. The van der Waals surface area contributed by atoms with Gasteiger partial charge in [-0.15, -0.1) is 0 Å². The van der Waals surface area contributed by atoms with E-state index in [1.807, 2.05) is 0 Å². The number of nitrogens with zero attached hydrogens (tertiary/aromatic N) is 1. The number of aryl methyl sites for hydroxylation is 1. The molecule has 0 radical (unpaired) electrons. The highest BCUT2D eigenvalue weighted by atomic mass is 35.5. The Bertz CT molecular complexity index is 818. The van der Waals surface area contributed by atoms with Crippen LogP contribution in [0, 0.1) is 12.7 Å². The number of halogens is 2. The van der Waals surface area contributed by atoms with Gasteiger partial charge in [0.15, 0.2) is 0 Å². The van der Waals surface area contributed by atoms with Crippen LogP contribution in [-0.2, 0) is 10.0 Å². The van der Waals surface area contributed by atoms with Crippen molar-refractivity contribution in [2.75, 3.05) is 7.05 Å². The maximum Gasteiger partial charge on any atom is 0.286 e. The fraction of sp³-hybridized carbons (Fsp3) is 0.133. The Morgan fingerprint density at radius 2 is 1.78 bits per heavy atom. The van der Waals surface area contributed by atoms with Gasteiger partial charge in [0.05, 0.1) is 15.5 Å². The number of hydrogen-bond acceptors (Lipinski definition) is 4. The van der Waals surface area contributed by atoms with Crippen molar-refractivity contribution in [3.05, 3.63) is 64.4 Å². The predicted octanol–water partition coefficient (Wildman–Crippen LogP) is 2.75. The molecule has 0 bridgehead atoms. The highest BCUT2D eigenvalue weighted by molar-refractivity contribution is 7.89. The third kappa shape index (κ3) is 3.36. The van der Waals surface area contributed by atoms with E-state index in [1.165, 1.54) is 31.3 Å². The largest absolute Gasteiger partial charge is 0.286 e. The van der Waals surface area contributed by atoms with Crippen molar-refractivity contribution in [2.45, 2.75) is 11.8 Å². The lowest BCUT2D eigenvalue weighted by atomic mass is 10.2. The van der Waals surface area contributed by atoms with Crippen LogP contribution in [-0.4, -0.2) is 25.8 Å². The monoisotopic (exact) mass is 356 g/mol. The van der Waals surface area contributed by atoms with Gasteiger partial charge in [0.1, 0.15) is 5.82 Å². The van der Waals surface area contributed by atoms with Crippen LogP contribution in [0.3, 0.4) is 0 Å². The summed E-state index contributed by atoms with van der Waals surface area (Å²) in [6.45, 7) is 1.80. The Morgan fingerprint density at radius 1 is 1.17 bits per heavy atom. The van der Waals surface area contributed by atoms with Crippen LogP contribution in [0.1, 0.15) is 15.9 Å². The first-order valence-electron chi connectivity index (χ1n) is 6.56. The summed E-state index contributed by atoms with van der Waals surface area (Å²) in [4.78, 5) is 12.4. The van der Waals surface area contributed by atoms with E-state index in [0.29, 0.717) is 4.41 Å². The molecule has 0 spiro atoms. The molecule has 122 valence electrons. The normalized spacial score (nSPS) is 11.3. The van der Waals surface area contributed by atoms with Gasteiger partial charge in [-0.2, -0.15) is 12.8 Å². The second-order valence-corrected chi connectivity index (χ2v) is 6.90. The van der Waals surface area contributed by atoms with Gasteiger partial charge in [-0.25, -0.2) is 9.82 Å². The standard InChI is InChI=1S/C15H14ClFN2O3S/c1-10-6-8-11(9-7-10)23(21,22)19(18-2)15(20)14-12(16)4-3-5-13(14)17/h3-9,18H,1-2H3. The molecule has 23 heavy (non-hydrogen) atoms. The molecule has 0 heterocycles. The first-order valence-corrected chi connectivity index (χ1v) is 8.38. The minimum Gasteiger partial charge on any atom is -0.266 e. The quantitative estimate of drug-likeness (QED) is 0.855. The summed E-state index contributed by atoms with van der Waals surface area (Å²) in [5.74, 6) is -2.00. The molecule has 0 fully saturated rings. The molecule has 1 amide bonds. The smallest absolute Gasteiger partial charge is 0.266 e. The van der Waals surface area contributed by atoms with Crippen molar-refractivity contribution < 1.29 is 17.6 Å². The fourth-order valence-corrected chi connectivity index (χ4v) is 3.43. The predicted molar refractivity (Wildman–Crippen MR) is 85.0 cm³/mol. The Labute approximate surface area is 138 Å². The summed E-state index contributed by atoms with van der Waals surface area (Å²) < 4.78 is 39.4. The first kappa shape index (κ1) is 17.4. The summed E-state index contributed by atoms with van der Waals surface area (Å²) in [6.07, 6.45) is 0. The van der Waals surface area contributed by atoms with Crippen molar-refractivity contribution in [3.63, 3.8) is 0 Å². The lowest BCUT2D eigenvalue weighted by Crippen LogP contribution is -2.45. The molecular formula is C15H14ClFN2O3S. The molecule has 0 saturated carbocycles. The molecule has 8 heteroatoms. The molecule has 0 atom stereocenters. The van der Waals surface area contributed by atoms with Gasteiger partial charge < -0.3 is 0 Å². The minimum atomic E-state index is -4.20. The van der Waals surface area contributed by atoms with Crippen LogP contribution in [0.4, 0.5) is 4.39 Å². The molecule has 1 N–H and O–H groups in total. The van der Waals surface area contributed by atoms with E-state index in [-0.39, 0.29) is 9.92 Å². The van der Waals surface area contributed by atoms with Crippen molar-refractivity contribution >= 4 is 27.5 Å². The van der Waals surface area contributed by atoms with E-state index < -0.39 is 27.3 Å². The number of amides is 1. The Kier molecular flexibility index (Phi) is 5.03. The van der Waals surface area contributed by atoms with Gasteiger partial charge >= 0.3 is 0 Å². The second-order valence-electron chi connectivity index (χ2n) is 4.71. The zero-order valence-corrected chi connectivity index (χ0v) is 14.0. The van der Waals surface area contributed by atoms with Gasteiger partial charge in [0.2, 0.25) is 0 Å². The molecule has 0 aliphatic heterocycles. The molecule has 0 unspecified atom stereocenters. The van der Waals surface area contributed by atoms with Crippen LogP contribution >= 0.6 is 11.6 Å². The lowest BCUT2D eigenvalue weighted by Gasteiger charge is -2.21. The van der Waals surface area contributed by atoms with E-state index in [9.17, 15) is 17.6 Å². The number of hydrogen-bond donors (Lipinski definition) is 1. The zero-order valence-electron chi connectivity index (χ0n) is 12.4. The topological polar surface area (TPSA) is 66.5 Å². The summed E-state index contributed by atoms with van der Waals surface area (Å²) in [5, 5.41) is -0.172. The number of carbonyl (C=O) groups excluding carboxylic acids is 1. The number of carbonyl (C=O) groups is 1. The molecule has 2 aromatic rings. The molecule has 0 aliphatic carbocycles. The SMILES string of the molecule is CNN(C(=O)c1c(F)cccc1Cl)S(=O)(=O)c1ccc(C)cc1. The zero-order chi connectivity index (χ0) is 17.2. The highest BCUT2D eigenvalue weighted by Gasteiger charge is 2.32. The summed E-state index contributed by atoms with van der Waals surface area (Å²) >= 11 is 5.83. The first-order chi connectivity index (χ1) is 10.8. The number of hydrazine groups is 1.